The molecule has 0 aliphatic rings. The van der Waals surface area contributed by atoms with Gasteiger partial charge < -0.3 is 4.57 Å². The van der Waals surface area contributed by atoms with Crippen molar-refractivity contribution in [1.29, 1.82) is 0 Å². The van der Waals surface area contributed by atoms with Gasteiger partial charge in [0, 0.05) is 39.7 Å². The second-order valence-electron chi connectivity index (χ2n) is 8.88. The molecule has 0 aliphatic carbocycles. The number of rotatable bonds is 8. The molecule has 35 heavy (non-hydrogen) atoms. The van der Waals surface area contributed by atoms with Crippen LogP contribution >= 0.6 is 11.8 Å². The van der Waals surface area contributed by atoms with Crippen molar-refractivity contribution in [3.63, 3.8) is 0 Å². The van der Waals surface area contributed by atoms with Gasteiger partial charge in [0.05, 0.1) is 6.21 Å². The quantitative estimate of drug-likeness (QED) is 0.220. The zero-order valence-electron chi connectivity index (χ0n) is 20.7. The number of aromatic nitrogens is 1. The number of hydrogen-bond acceptors (Lipinski definition) is 3. The fourth-order valence-electron chi connectivity index (χ4n) is 4.23. The zero-order valence-corrected chi connectivity index (χ0v) is 21.5. The summed E-state index contributed by atoms with van der Waals surface area (Å²) in [5.74, 6) is 1.67. The number of benzene rings is 3. The van der Waals surface area contributed by atoms with E-state index in [1.807, 2.05) is 42.1 Å². The molecule has 0 atom stereocenters. The molecule has 4 aromatic rings. The van der Waals surface area contributed by atoms with Crippen molar-refractivity contribution < 1.29 is 4.79 Å². The SMILES string of the molecule is Cc1cc(C)cc(-n2c(C)cc(/C=N/NC(=O)c3ccc(CSCc4ccccc4)cc3)c2C)c1. The first-order valence-corrected chi connectivity index (χ1v) is 12.9. The number of thioether (sulfide) groups is 1. The van der Waals surface area contributed by atoms with E-state index in [4.69, 9.17) is 0 Å². The molecule has 5 heteroatoms. The second kappa shape index (κ2) is 11.2. The first kappa shape index (κ1) is 24.6. The molecule has 4 nitrogen and oxygen atoms in total. The Labute approximate surface area is 212 Å². The minimum absolute atomic E-state index is 0.215. The molecule has 1 N–H and O–H groups in total. The normalized spacial score (nSPS) is 11.2. The van der Waals surface area contributed by atoms with Gasteiger partial charge in [-0.1, -0.05) is 48.5 Å². The largest absolute Gasteiger partial charge is 0.318 e. The summed E-state index contributed by atoms with van der Waals surface area (Å²) in [7, 11) is 0. The van der Waals surface area contributed by atoms with Gasteiger partial charge in [-0.05, 0) is 80.3 Å². The summed E-state index contributed by atoms with van der Waals surface area (Å²) < 4.78 is 2.22. The molecule has 0 saturated heterocycles. The summed E-state index contributed by atoms with van der Waals surface area (Å²) in [6.45, 7) is 8.38. The Bertz CT molecular complexity index is 1320. The minimum atomic E-state index is -0.215. The van der Waals surface area contributed by atoms with Crippen molar-refractivity contribution in [1.82, 2.24) is 9.99 Å². The van der Waals surface area contributed by atoms with Crippen LogP contribution in [0.2, 0.25) is 0 Å². The lowest BCUT2D eigenvalue weighted by atomic mass is 10.1. The Morgan fingerprint density at radius 2 is 1.49 bits per heavy atom. The molecule has 1 aromatic heterocycles. The molecule has 0 aliphatic heterocycles. The predicted molar refractivity (Wildman–Crippen MR) is 148 cm³/mol. The van der Waals surface area contributed by atoms with Gasteiger partial charge in [0.15, 0.2) is 0 Å². The van der Waals surface area contributed by atoms with Gasteiger partial charge in [0.2, 0.25) is 0 Å². The van der Waals surface area contributed by atoms with Crippen molar-refractivity contribution in [2.45, 2.75) is 39.2 Å². The lowest BCUT2D eigenvalue weighted by molar-refractivity contribution is 0.0955. The van der Waals surface area contributed by atoms with Crippen LogP contribution < -0.4 is 5.43 Å². The molecule has 3 aromatic carbocycles. The molecule has 0 saturated carbocycles. The maximum Gasteiger partial charge on any atom is 0.271 e. The summed E-state index contributed by atoms with van der Waals surface area (Å²) in [5.41, 5.74) is 12.6. The van der Waals surface area contributed by atoms with E-state index >= 15 is 0 Å². The maximum absolute atomic E-state index is 12.6. The molecular weight excluding hydrogens is 450 g/mol. The van der Waals surface area contributed by atoms with Crippen LogP contribution in [0.25, 0.3) is 5.69 Å². The fourth-order valence-corrected chi connectivity index (χ4v) is 5.19. The van der Waals surface area contributed by atoms with Crippen LogP contribution in [-0.2, 0) is 11.5 Å². The fraction of sp³-hybridized carbons (Fsp3) is 0.200. The molecule has 178 valence electrons. The highest BCUT2D eigenvalue weighted by atomic mass is 32.2. The lowest BCUT2D eigenvalue weighted by Crippen LogP contribution is -2.17. The Hall–Kier alpha value is -3.57. The smallest absolute Gasteiger partial charge is 0.271 e. The van der Waals surface area contributed by atoms with E-state index in [9.17, 15) is 4.79 Å². The number of hydrazone groups is 1. The highest BCUT2D eigenvalue weighted by Crippen LogP contribution is 2.22. The molecule has 1 amide bonds. The highest BCUT2D eigenvalue weighted by Gasteiger charge is 2.11. The third-order valence-corrected chi connectivity index (χ3v) is 6.98. The number of aryl methyl sites for hydroxylation is 3. The molecular formula is C30H31N3OS. The average molecular weight is 482 g/mol. The molecule has 4 rings (SSSR count). The third kappa shape index (κ3) is 6.31. The summed E-state index contributed by atoms with van der Waals surface area (Å²) >= 11 is 1.86. The highest BCUT2D eigenvalue weighted by molar-refractivity contribution is 7.97. The number of hydrogen-bond donors (Lipinski definition) is 1. The standard InChI is InChI=1S/C30H31N3OS/c1-21-14-22(2)16-29(15-21)33-23(3)17-28(24(33)4)18-31-32-30(34)27-12-10-26(11-13-27)20-35-19-25-8-6-5-7-9-25/h5-18H,19-20H2,1-4H3,(H,32,34)/b31-18+. The van der Waals surface area contributed by atoms with E-state index in [0.29, 0.717) is 5.56 Å². The van der Waals surface area contributed by atoms with E-state index in [1.165, 1.54) is 22.3 Å². The van der Waals surface area contributed by atoms with Gasteiger partial charge in [-0.3, -0.25) is 4.79 Å². The van der Waals surface area contributed by atoms with E-state index < -0.39 is 0 Å². The number of nitrogens with one attached hydrogen (secondary N) is 1. The zero-order chi connectivity index (χ0) is 24.8. The molecule has 0 spiro atoms. The van der Waals surface area contributed by atoms with E-state index in [1.54, 1.807) is 6.21 Å². The van der Waals surface area contributed by atoms with Crippen molar-refractivity contribution in [3.8, 4) is 5.69 Å². The molecule has 0 unspecified atom stereocenters. The summed E-state index contributed by atoms with van der Waals surface area (Å²) in [4.78, 5) is 12.6. The van der Waals surface area contributed by atoms with Crippen LogP contribution in [0.4, 0.5) is 0 Å². The van der Waals surface area contributed by atoms with Crippen LogP contribution in [0.3, 0.4) is 0 Å². The topological polar surface area (TPSA) is 46.4 Å². The van der Waals surface area contributed by atoms with Gasteiger partial charge in [-0.2, -0.15) is 16.9 Å². The first-order chi connectivity index (χ1) is 16.9. The number of amides is 1. The summed E-state index contributed by atoms with van der Waals surface area (Å²) in [6.07, 6.45) is 1.72. The van der Waals surface area contributed by atoms with E-state index in [2.05, 4.69) is 91.3 Å². The minimum Gasteiger partial charge on any atom is -0.318 e. The summed E-state index contributed by atoms with van der Waals surface area (Å²) in [6, 6.07) is 26.8. The van der Waals surface area contributed by atoms with Gasteiger partial charge in [0.25, 0.3) is 5.91 Å². The predicted octanol–water partition coefficient (Wildman–Crippen LogP) is 6.91. The number of carbonyl (C=O) groups is 1. The monoisotopic (exact) mass is 481 g/mol. The van der Waals surface area contributed by atoms with Gasteiger partial charge in [0.1, 0.15) is 0 Å². The third-order valence-electron chi connectivity index (χ3n) is 5.90. The van der Waals surface area contributed by atoms with Gasteiger partial charge in [-0.15, -0.1) is 0 Å². The Morgan fingerprint density at radius 1 is 0.857 bits per heavy atom. The Kier molecular flexibility index (Phi) is 7.88. The maximum atomic E-state index is 12.6. The van der Waals surface area contributed by atoms with Crippen molar-refractivity contribution in [2.24, 2.45) is 5.10 Å². The van der Waals surface area contributed by atoms with Crippen molar-refractivity contribution in [2.75, 3.05) is 0 Å². The van der Waals surface area contributed by atoms with Gasteiger partial charge in [-0.25, -0.2) is 5.43 Å². The van der Waals surface area contributed by atoms with Crippen molar-refractivity contribution >= 4 is 23.9 Å². The van der Waals surface area contributed by atoms with Crippen LogP contribution in [0.1, 0.15) is 49.6 Å². The molecule has 0 bridgehead atoms. The molecule has 0 fully saturated rings. The van der Waals surface area contributed by atoms with Gasteiger partial charge >= 0.3 is 0 Å². The second-order valence-corrected chi connectivity index (χ2v) is 9.87. The average Bonchev–Trinajstić information content (AvgIpc) is 3.12. The van der Waals surface area contributed by atoms with E-state index in [-0.39, 0.29) is 5.91 Å². The van der Waals surface area contributed by atoms with Crippen LogP contribution in [0.5, 0.6) is 0 Å². The summed E-state index contributed by atoms with van der Waals surface area (Å²) in [5, 5.41) is 4.23. The van der Waals surface area contributed by atoms with Crippen molar-refractivity contribution in [3.05, 3.63) is 124 Å². The number of nitrogens with zero attached hydrogens (tertiary/aromatic N) is 2. The number of carbonyl (C=O) groups excluding carboxylic acids is 1. The van der Waals surface area contributed by atoms with E-state index in [0.717, 1.165) is 34.1 Å². The molecule has 0 radical (unpaired) electrons. The van der Waals surface area contributed by atoms with Crippen LogP contribution in [-0.4, -0.2) is 16.7 Å². The first-order valence-electron chi connectivity index (χ1n) is 11.7. The van der Waals surface area contributed by atoms with Crippen LogP contribution in [0, 0.1) is 27.7 Å². The lowest BCUT2D eigenvalue weighted by Gasteiger charge is -2.11. The van der Waals surface area contributed by atoms with Crippen LogP contribution in [0.15, 0.2) is 84.0 Å². The Morgan fingerprint density at radius 3 is 2.14 bits per heavy atom. The Balaban J connectivity index is 1.35. The molecule has 1 heterocycles.